The zero-order valence-electron chi connectivity index (χ0n) is 9.85. The first-order valence-corrected chi connectivity index (χ1v) is 6.76. The number of rotatable bonds is 3. The van der Waals surface area contributed by atoms with Gasteiger partial charge in [-0.2, -0.15) is 12.6 Å². The van der Waals surface area contributed by atoms with Crippen molar-refractivity contribution in [1.29, 1.82) is 0 Å². The minimum Gasteiger partial charge on any atom is -0.391 e. The van der Waals surface area contributed by atoms with Crippen molar-refractivity contribution in [3.8, 4) is 0 Å². The normalized spacial score (nSPS) is 32.6. The fourth-order valence-corrected chi connectivity index (χ4v) is 2.70. The first kappa shape index (κ1) is 12.2. The maximum absolute atomic E-state index is 12.0. The van der Waals surface area contributed by atoms with Crippen molar-refractivity contribution in [2.75, 3.05) is 18.8 Å². The van der Waals surface area contributed by atoms with Crippen molar-refractivity contribution < 1.29 is 9.90 Å². The molecule has 0 bridgehead atoms. The Bertz CT molecular complexity index is 278. The van der Waals surface area contributed by atoms with E-state index in [-0.39, 0.29) is 17.4 Å². The van der Waals surface area contributed by atoms with Gasteiger partial charge in [-0.25, -0.2) is 0 Å². The van der Waals surface area contributed by atoms with E-state index in [0.717, 1.165) is 31.6 Å². The molecule has 2 rings (SSSR count). The van der Waals surface area contributed by atoms with E-state index in [1.165, 1.54) is 0 Å². The lowest BCUT2D eigenvalue weighted by Gasteiger charge is -2.35. The van der Waals surface area contributed by atoms with Gasteiger partial charge in [0.05, 0.1) is 6.10 Å². The first-order valence-electron chi connectivity index (χ1n) is 6.13. The van der Waals surface area contributed by atoms with Gasteiger partial charge in [0.15, 0.2) is 0 Å². The van der Waals surface area contributed by atoms with Gasteiger partial charge in [0.2, 0.25) is 5.91 Å². The van der Waals surface area contributed by atoms with Crippen molar-refractivity contribution >= 4 is 18.5 Å². The van der Waals surface area contributed by atoms with Gasteiger partial charge in [-0.1, -0.05) is 6.92 Å². The highest BCUT2D eigenvalue weighted by atomic mass is 32.1. The lowest BCUT2D eigenvalue weighted by atomic mass is 9.95. The van der Waals surface area contributed by atoms with Crippen LogP contribution in [0.4, 0.5) is 0 Å². The number of piperidine rings is 1. The highest BCUT2D eigenvalue weighted by Crippen LogP contribution is 2.49. The summed E-state index contributed by atoms with van der Waals surface area (Å²) in [6.45, 7) is 3.37. The molecular formula is C12H21NO2S. The van der Waals surface area contributed by atoms with E-state index in [4.69, 9.17) is 0 Å². The molecule has 16 heavy (non-hydrogen) atoms. The van der Waals surface area contributed by atoms with E-state index in [1.54, 1.807) is 0 Å². The van der Waals surface area contributed by atoms with Crippen LogP contribution < -0.4 is 0 Å². The lowest BCUT2D eigenvalue weighted by molar-refractivity contribution is -0.136. The van der Waals surface area contributed by atoms with Crippen LogP contribution in [-0.4, -0.2) is 40.9 Å². The van der Waals surface area contributed by atoms with Crippen molar-refractivity contribution in [2.24, 2.45) is 11.3 Å². The number of hydrogen-bond donors (Lipinski definition) is 2. The van der Waals surface area contributed by atoms with Gasteiger partial charge in [0.25, 0.3) is 0 Å². The topological polar surface area (TPSA) is 40.5 Å². The van der Waals surface area contributed by atoms with Crippen molar-refractivity contribution in [3.63, 3.8) is 0 Å². The number of hydrogen-bond acceptors (Lipinski definition) is 3. The molecule has 1 heterocycles. The summed E-state index contributed by atoms with van der Waals surface area (Å²) in [7, 11) is 0. The number of likely N-dealkylation sites (tertiary alicyclic amines) is 1. The van der Waals surface area contributed by atoms with E-state index in [0.29, 0.717) is 18.9 Å². The molecule has 0 aromatic rings. The second-order valence-corrected chi connectivity index (χ2v) is 5.82. The summed E-state index contributed by atoms with van der Waals surface area (Å²) < 4.78 is 0. The summed E-state index contributed by atoms with van der Waals surface area (Å²) in [6, 6.07) is 0. The van der Waals surface area contributed by atoms with E-state index in [2.05, 4.69) is 12.6 Å². The van der Waals surface area contributed by atoms with Gasteiger partial charge in [0.1, 0.15) is 0 Å². The zero-order chi connectivity index (χ0) is 11.8. The SMILES string of the molecule is CC1CCN(C(=O)CC2(CS)CC2)CC1O. The molecule has 2 fully saturated rings. The summed E-state index contributed by atoms with van der Waals surface area (Å²) in [4.78, 5) is 13.9. The minimum absolute atomic E-state index is 0.189. The average molecular weight is 243 g/mol. The van der Waals surface area contributed by atoms with Gasteiger partial charge in [-0.05, 0) is 36.3 Å². The Hall–Kier alpha value is -0.220. The van der Waals surface area contributed by atoms with Gasteiger partial charge < -0.3 is 10.0 Å². The number of amides is 1. The number of nitrogens with zero attached hydrogens (tertiary/aromatic N) is 1. The molecule has 1 N–H and O–H groups in total. The van der Waals surface area contributed by atoms with Crippen LogP contribution >= 0.6 is 12.6 Å². The standard InChI is InChI=1S/C12H21NO2S/c1-9-2-5-13(7-10(9)14)11(15)6-12(8-16)3-4-12/h9-10,14,16H,2-8H2,1H3. The Morgan fingerprint density at radius 2 is 2.25 bits per heavy atom. The van der Waals surface area contributed by atoms with Crippen LogP contribution in [0.15, 0.2) is 0 Å². The molecule has 0 radical (unpaired) electrons. The molecule has 1 saturated carbocycles. The molecule has 0 spiro atoms. The van der Waals surface area contributed by atoms with Gasteiger partial charge >= 0.3 is 0 Å². The maximum atomic E-state index is 12.0. The molecule has 1 aliphatic heterocycles. The molecular weight excluding hydrogens is 222 g/mol. The molecule has 1 amide bonds. The zero-order valence-corrected chi connectivity index (χ0v) is 10.7. The van der Waals surface area contributed by atoms with Crippen LogP contribution in [-0.2, 0) is 4.79 Å². The molecule has 92 valence electrons. The number of carbonyl (C=O) groups is 1. The third kappa shape index (κ3) is 2.54. The van der Waals surface area contributed by atoms with E-state index in [9.17, 15) is 9.90 Å². The Balaban J connectivity index is 1.86. The van der Waals surface area contributed by atoms with Crippen LogP contribution in [0.2, 0.25) is 0 Å². The van der Waals surface area contributed by atoms with E-state index < -0.39 is 0 Å². The summed E-state index contributed by atoms with van der Waals surface area (Å²) >= 11 is 4.31. The van der Waals surface area contributed by atoms with Crippen molar-refractivity contribution in [1.82, 2.24) is 4.90 Å². The van der Waals surface area contributed by atoms with Crippen LogP contribution in [0.1, 0.15) is 32.6 Å². The molecule has 4 heteroatoms. The van der Waals surface area contributed by atoms with Crippen molar-refractivity contribution in [2.45, 2.75) is 38.7 Å². The minimum atomic E-state index is -0.344. The molecule has 0 aromatic carbocycles. The second-order valence-electron chi connectivity index (χ2n) is 5.51. The quantitative estimate of drug-likeness (QED) is 0.734. The predicted molar refractivity (Wildman–Crippen MR) is 66.5 cm³/mol. The summed E-state index contributed by atoms with van der Waals surface area (Å²) in [5.41, 5.74) is 0.189. The van der Waals surface area contributed by atoms with Gasteiger partial charge in [-0.15, -0.1) is 0 Å². The van der Waals surface area contributed by atoms with Gasteiger partial charge in [0, 0.05) is 19.5 Å². The molecule has 2 atom stereocenters. The number of thiol groups is 1. The first-order chi connectivity index (χ1) is 7.56. The number of aliphatic hydroxyl groups excluding tert-OH is 1. The average Bonchev–Trinajstić information content (AvgIpc) is 3.02. The lowest BCUT2D eigenvalue weighted by Crippen LogP contribution is -2.46. The monoisotopic (exact) mass is 243 g/mol. The fourth-order valence-electron chi connectivity index (χ4n) is 2.28. The van der Waals surface area contributed by atoms with Gasteiger partial charge in [-0.3, -0.25) is 4.79 Å². The smallest absolute Gasteiger partial charge is 0.223 e. The molecule has 1 aliphatic carbocycles. The second kappa shape index (κ2) is 4.57. The number of carbonyl (C=O) groups excluding carboxylic acids is 1. The predicted octanol–water partition coefficient (Wildman–Crippen LogP) is 1.32. The van der Waals surface area contributed by atoms with E-state index in [1.807, 2.05) is 11.8 Å². The Morgan fingerprint density at radius 1 is 1.56 bits per heavy atom. The van der Waals surface area contributed by atoms with E-state index >= 15 is 0 Å². The number of aliphatic hydroxyl groups is 1. The molecule has 2 unspecified atom stereocenters. The summed E-state index contributed by atoms with van der Waals surface area (Å²) in [5, 5.41) is 9.76. The number of β-amino-alcohol motifs (C(OH)–C–C–N with tert-alkyl or cyclic N) is 1. The van der Waals surface area contributed by atoms with Crippen molar-refractivity contribution in [3.05, 3.63) is 0 Å². The Morgan fingerprint density at radius 3 is 2.75 bits per heavy atom. The molecule has 3 nitrogen and oxygen atoms in total. The third-order valence-corrected chi connectivity index (χ3v) is 4.76. The highest BCUT2D eigenvalue weighted by molar-refractivity contribution is 7.80. The Labute approximate surface area is 103 Å². The van der Waals surface area contributed by atoms with Crippen LogP contribution in [0.5, 0.6) is 0 Å². The largest absolute Gasteiger partial charge is 0.391 e. The van der Waals surface area contributed by atoms with Crippen LogP contribution in [0.3, 0.4) is 0 Å². The Kier molecular flexibility index (Phi) is 3.50. The highest BCUT2D eigenvalue weighted by Gasteiger charge is 2.44. The molecule has 0 aromatic heterocycles. The molecule has 1 saturated heterocycles. The maximum Gasteiger partial charge on any atom is 0.223 e. The van der Waals surface area contributed by atoms with Crippen LogP contribution in [0, 0.1) is 11.3 Å². The fraction of sp³-hybridized carbons (Fsp3) is 0.917. The summed E-state index contributed by atoms with van der Waals surface area (Å²) in [5.74, 6) is 1.34. The molecule has 2 aliphatic rings. The van der Waals surface area contributed by atoms with Crippen LogP contribution in [0.25, 0.3) is 0 Å². The third-order valence-electron chi connectivity index (χ3n) is 4.09. The summed E-state index contributed by atoms with van der Waals surface area (Å²) in [6.07, 6.45) is 3.46.